The van der Waals surface area contributed by atoms with E-state index >= 15 is 0 Å². The highest BCUT2D eigenvalue weighted by Gasteiger charge is 2.30. The summed E-state index contributed by atoms with van der Waals surface area (Å²) in [7, 11) is 0. The van der Waals surface area contributed by atoms with Crippen LogP contribution in [0.15, 0.2) is 54.1 Å². The van der Waals surface area contributed by atoms with Gasteiger partial charge in [0.1, 0.15) is 5.69 Å². The zero-order chi connectivity index (χ0) is 20.5. The Hall–Kier alpha value is -2.90. The van der Waals surface area contributed by atoms with Gasteiger partial charge in [0.25, 0.3) is 11.5 Å². The number of carbonyl (C=O) groups is 1. The third-order valence-corrected chi connectivity index (χ3v) is 5.58. The molecule has 1 aromatic carbocycles. The van der Waals surface area contributed by atoms with Crippen molar-refractivity contribution in [2.24, 2.45) is 0 Å². The van der Waals surface area contributed by atoms with Crippen molar-refractivity contribution in [2.75, 3.05) is 13.2 Å². The van der Waals surface area contributed by atoms with Gasteiger partial charge in [0, 0.05) is 36.1 Å². The van der Waals surface area contributed by atoms with Gasteiger partial charge in [-0.15, -0.1) is 6.58 Å². The minimum Gasteiger partial charge on any atom is -0.394 e. The maximum absolute atomic E-state index is 13.1. The van der Waals surface area contributed by atoms with Crippen molar-refractivity contribution in [2.45, 2.75) is 25.4 Å². The van der Waals surface area contributed by atoms with E-state index in [9.17, 15) is 14.7 Å². The average molecular weight is 413 g/mol. The number of fused-ring (bicyclic) bond motifs is 1. The van der Waals surface area contributed by atoms with E-state index in [1.54, 1.807) is 33.8 Å². The van der Waals surface area contributed by atoms with Gasteiger partial charge >= 0.3 is 0 Å². The first-order chi connectivity index (χ1) is 14.0. The first-order valence-corrected chi connectivity index (χ1v) is 9.83. The van der Waals surface area contributed by atoms with Crippen LogP contribution in [0, 0.1) is 0 Å². The largest absolute Gasteiger partial charge is 0.394 e. The van der Waals surface area contributed by atoms with Crippen molar-refractivity contribution >= 4 is 23.2 Å². The molecule has 3 heterocycles. The number of aromatic nitrogens is 3. The number of carbonyl (C=O) groups excluding carboxylic acids is 1. The number of aliphatic hydroxyl groups excluding tert-OH is 1. The van der Waals surface area contributed by atoms with E-state index < -0.39 is 0 Å². The minimum atomic E-state index is -0.332. The number of amides is 1. The lowest BCUT2D eigenvalue weighted by molar-refractivity contribution is 0.0672. The summed E-state index contributed by atoms with van der Waals surface area (Å²) in [6.45, 7) is 4.51. The molecule has 150 valence electrons. The van der Waals surface area contributed by atoms with Crippen LogP contribution in [0.5, 0.6) is 0 Å². The van der Waals surface area contributed by atoms with Gasteiger partial charge in [0.2, 0.25) is 5.65 Å². The Kier molecular flexibility index (Phi) is 5.25. The second kappa shape index (κ2) is 7.85. The summed E-state index contributed by atoms with van der Waals surface area (Å²) in [5.74, 6) is -0.279. The summed E-state index contributed by atoms with van der Waals surface area (Å²) in [6.07, 6.45) is 6.54. The molecule has 1 saturated heterocycles. The van der Waals surface area contributed by atoms with Crippen LogP contribution in [0.3, 0.4) is 0 Å². The van der Waals surface area contributed by atoms with Gasteiger partial charge in [-0.2, -0.15) is 0 Å². The molecule has 0 bridgehead atoms. The zero-order valence-electron chi connectivity index (χ0n) is 15.8. The number of hydrogen-bond acceptors (Lipinski definition) is 4. The third kappa shape index (κ3) is 3.36. The number of allylic oxidation sites excluding steroid dienone is 1. The van der Waals surface area contributed by atoms with Crippen LogP contribution in [0.25, 0.3) is 16.9 Å². The van der Waals surface area contributed by atoms with E-state index in [1.807, 2.05) is 18.2 Å². The van der Waals surface area contributed by atoms with Crippen LogP contribution in [-0.2, 0) is 6.54 Å². The second-order valence-corrected chi connectivity index (χ2v) is 7.44. The number of benzene rings is 1. The fourth-order valence-corrected chi connectivity index (χ4v) is 4.05. The maximum Gasteiger partial charge on any atom is 0.295 e. The molecule has 0 saturated carbocycles. The van der Waals surface area contributed by atoms with Gasteiger partial charge < -0.3 is 10.0 Å². The van der Waals surface area contributed by atoms with Crippen LogP contribution in [0.1, 0.15) is 23.3 Å². The molecular formula is C21H21ClN4O3. The van der Waals surface area contributed by atoms with Gasteiger partial charge in [-0.05, 0) is 18.9 Å². The van der Waals surface area contributed by atoms with E-state index in [0.29, 0.717) is 22.8 Å². The molecule has 8 heteroatoms. The number of imidazole rings is 1. The van der Waals surface area contributed by atoms with Crippen LogP contribution in [-0.4, -0.2) is 49.1 Å². The normalized spacial score (nSPS) is 16.5. The van der Waals surface area contributed by atoms with E-state index in [4.69, 9.17) is 11.6 Å². The number of hydrogen-bond donors (Lipinski definition) is 1. The minimum absolute atomic E-state index is 0.0814. The Balaban J connectivity index is 1.86. The zero-order valence-corrected chi connectivity index (χ0v) is 16.5. The quantitative estimate of drug-likeness (QED) is 0.653. The summed E-state index contributed by atoms with van der Waals surface area (Å²) in [5.41, 5.74) is 1.33. The van der Waals surface area contributed by atoms with Crippen LogP contribution < -0.4 is 5.56 Å². The predicted octanol–water partition coefficient (Wildman–Crippen LogP) is 2.60. The standard InChI is InChI=1S/C21H21ClN4O3/c1-2-9-26-18(15-7-3-4-8-16(15)22)12-24-11-17(23-19(24)21(26)29)20(28)25-10-5-6-14(25)13-27/h2-4,7-8,11-12,14,27H,1,5-6,9-10,13H2/t14-/m0/s1. The molecule has 2 aromatic heterocycles. The van der Waals surface area contributed by atoms with E-state index in [2.05, 4.69) is 11.6 Å². The number of nitrogens with zero attached hydrogens (tertiary/aromatic N) is 4. The number of rotatable bonds is 5. The topological polar surface area (TPSA) is 79.8 Å². The lowest BCUT2D eigenvalue weighted by Gasteiger charge is -2.21. The third-order valence-electron chi connectivity index (χ3n) is 5.25. The fraction of sp³-hybridized carbons (Fsp3) is 0.286. The lowest BCUT2D eigenvalue weighted by Crippen LogP contribution is -2.37. The van der Waals surface area contributed by atoms with Crippen molar-refractivity contribution in [1.29, 1.82) is 0 Å². The monoisotopic (exact) mass is 412 g/mol. The molecule has 3 aromatic rings. The van der Waals surface area contributed by atoms with E-state index in [0.717, 1.165) is 12.8 Å². The highest BCUT2D eigenvalue weighted by atomic mass is 35.5. The van der Waals surface area contributed by atoms with Crippen molar-refractivity contribution in [3.63, 3.8) is 0 Å². The fourth-order valence-electron chi connectivity index (χ4n) is 3.82. The summed E-state index contributed by atoms with van der Waals surface area (Å²) in [4.78, 5) is 32.0. The summed E-state index contributed by atoms with van der Waals surface area (Å²) in [6, 6.07) is 7.06. The van der Waals surface area contributed by atoms with Crippen molar-refractivity contribution in [3.8, 4) is 11.3 Å². The Labute approximate surface area is 172 Å². The first kappa shape index (κ1) is 19.4. The number of aliphatic hydroxyl groups is 1. The van der Waals surface area contributed by atoms with Crippen molar-refractivity contribution < 1.29 is 9.90 Å². The Bertz CT molecular complexity index is 1150. The van der Waals surface area contributed by atoms with Gasteiger partial charge in [0.15, 0.2) is 0 Å². The molecule has 0 radical (unpaired) electrons. The molecule has 1 amide bonds. The molecule has 1 aliphatic rings. The molecule has 0 aliphatic carbocycles. The molecule has 29 heavy (non-hydrogen) atoms. The highest BCUT2D eigenvalue weighted by molar-refractivity contribution is 6.33. The Morgan fingerprint density at radius 3 is 2.86 bits per heavy atom. The molecule has 1 fully saturated rings. The van der Waals surface area contributed by atoms with Crippen LogP contribution in [0.4, 0.5) is 0 Å². The highest BCUT2D eigenvalue weighted by Crippen LogP contribution is 2.27. The molecule has 1 atom stereocenters. The predicted molar refractivity (Wildman–Crippen MR) is 111 cm³/mol. The van der Waals surface area contributed by atoms with Crippen molar-refractivity contribution in [1.82, 2.24) is 18.9 Å². The lowest BCUT2D eigenvalue weighted by atomic mass is 10.1. The molecule has 1 aliphatic heterocycles. The van der Waals surface area contributed by atoms with Gasteiger partial charge in [-0.1, -0.05) is 35.9 Å². The van der Waals surface area contributed by atoms with Gasteiger partial charge in [-0.25, -0.2) is 4.98 Å². The maximum atomic E-state index is 13.1. The molecule has 0 spiro atoms. The first-order valence-electron chi connectivity index (χ1n) is 9.45. The second-order valence-electron chi connectivity index (χ2n) is 7.03. The molecule has 0 unspecified atom stereocenters. The number of halogens is 1. The van der Waals surface area contributed by atoms with Crippen molar-refractivity contribution in [3.05, 3.63) is 70.4 Å². The Morgan fingerprint density at radius 1 is 1.34 bits per heavy atom. The molecular weight excluding hydrogens is 392 g/mol. The molecule has 1 N–H and O–H groups in total. The van der Waals surface area contributed by atoms with Gasteiger partial charge in [0.05, 0.1) is 18.3 Å². The smallest absolute Gasteiger partial charge is 0.295 e. The van der Waals surface area contributed by atoms with E-state index in [1.165, 1.54) is 4.57 Å². The molecule has 4 rings (SSSR count). The average Bonchev–Trinajstić information content (AvgIpc) is 3.37. The summed E-state index contributed by atoms with van der Waals surface area (Å²) < 4.78 is 3.11. The van der Waals surface area contributed by atoms with Gasteiger partial charge in [-0.3, -0.25) is 18.6 Å². The summed E-state index contributed by atoms with van der Waals surface area (Å²) >= 11 is 6.36. The summed E-state index contributed by atoms with van der Waals surface area (Å²) in [5, 5.41) is 10.0. The Morgan fingerprint density at radius 2 is 2.14 bits per heavy atom. The number of likely N-dealkylation sites (tertiary alicyclic amines) is 1. The van der Waals surface area contributed by atoms with Crippen LogP contribution in [0.2, 0.25) is 5.02 Å². The SMILES string of the molecule is C=CCn1c(-c2ccccc2Cl)cn2cc(C(=O)N3CCC[C@H]3CO)nc2c1=O. The van der Waals surface area contributed by atoms with E-state index in [-0.39, 0.29) is 42.0 Å². The van der Waals surface area contributed by atoms with Crippen LogP contribution >= 0.6 is 11.6 Å². The molecule has 7 nitrogen and oxygen atoms in total.